The lowest BCUT2D eigenvalue weighted by atomic mass is 9.99. The molecule has 0 spiro atoms. The highest BCUT2D eigenvalue weighted by molar-refractivity contribution is 9.10. The molecule has 0 fully saturated rings. The van der Waals surface area contributed by atoms with Crippen molar-refractivity contribution in [2.24, 2.45) is 0 Å². The van der Waals surface area contributed by atoms with Crippen molar-refractivity contribution in [2.75, 3.05) is 0 Å². The number of hydrogen-bond acceptors (Lipinski definition) is 1. The first-order chi connectivity index (χ1) is 8.56. The van der Waals surface area contributed by atoms with E-state index < -0.39 is 0 Å². The summed E-state index contributed by atoms with van der Waals surface area (Å²) in [7, 11) is 0. The number of ketones is 1. The molecular weight excluding hydrogens is 312 g/mol. The van der Waals surface area contributed by atoms with Crippen LogP contribution >= 0.6 is 27.5 Å². The fraction of sp³-hybridized carbons (Fsp3) is 0.133. The molecule has 0 heterocycles. The Balaban J connectivity index is 2.22. The van der Waals surface area contributed by atoms with Gasteiger partial charge in [0.2, 0.25) is 0 Å². The second kappa shape index (κ2) is 5.68. The largest absolute Gasteiger partial charge is 0.294 e. The van der Waals surface area contributed by atoms with E-state index in [1.165, 1.54) is 0 Å². The van der Waals surface area contributed by atoms with E-state index in [0.29, 0.717) is 11.4 Å². The van der Waals surface area contributed by atoms with E-state index in [-0.39, 0.29) is 5.78 Å². The minimum absolute atomic E-state index is 0.113. The van der Waals surface area contributed by atoms with Crippen molar-refractivity contribution in [3.63, 3.8) is 0 Å². The van der Waals surface area contributed by atoms with Gasteiger partial charge >= 0.3 is 0 Å². The van der Waals surface area contributed by atoms with Gasteiger partial charge in [0, 0.05) is 21.5 Å². The first-order valence-electron chi connectivity index (χ1n) is 5.60. The van der Waals surface area contributed by atoms with Gasteiger partial charge in [-0.2, -0.15) is 0 Å². The van der Waals surface area contributed by atoms with Crippen molar-refractivity contribution in [2.45, 2.75) is 13.3 Å². The molecule has 0 saturated heterocycles. The van der Waals surface area contributed by atoms with Crippen LogP contribution in [0.15, 0.2) is 46.9 Å². The first kappa shape index (κ1) is 13.3. The van der Waals surface area contributed by atoms with Crippen LogP contribution in [-0.2, 0) is 6.42 Å². The maximum Gasteiger partial charge on any atom is 0.167 e. The van der Waals surface area contributed by atoms with E-state index in [0.717, 1.165) is 21.2 Å². The van der Waals surface area contributed by atoms with Crippen LogP contribution in [-0.4, -0.2) is 5.78 Å². The number of carbonyl (C=O) groups is 1. The average molecular weight is 324 g/mol. The lowest BCUT2D eigenvalue weighted by molar-refractivity contribution is 0.0992. The Labute approximate surface area is 120 Å². The van der Waals surface area contributed by atoms with Crippen LogP contribution in [0.5, 0.6) is 0 Å². The molecule has 2 aromatic carbocycles. The van der Waals surface area contributed by atoms with Gasteiger partial charge in [-0.25, -0.2) is 0 Å². The summed E-state index contributed by atoms with van der Waals surface area (Å²) in [5.41, 5.74) is 2.66. The molecule has 0 amide bonds. The van der Waals surface area contributed by atoms with E-state index in [1.54, 1.807) is 12.1 Å². The molecule has 1 nitrogen and oxygen atoms in total. The Morgan fingerprint density at radius 3 is 2.67 bits per heavy atom. The average Bonchev–Trinajstić information content (AvgIpc) is 2.28. The zero-order valence-corrected chi connectivity index (χ0v) is 12.3. The van der Waals surface area contributed by atoms with Gasteiger partial charge in [0.05, 0.1) is 0 Å². The number of benzene rings is 2. The molecule has 0 aromatic heterocycles. The zero-order valence-electron chi connectivity index (χ0n) is 9.91. The Bertz CT molecular complexity index is 593. The number of halogens is 2. The highest BCUT2D eigenvalue weighted by atomic mass is 79.9. The van der Waals surface area contributed by atoms with E-state index in [2.05, 4.69) is 15.9 Å². The predicted octanol–water partition coefficient (Wildman–Crippen LogP) is 4.84. The van der Waals surface area contributed by atoms with Gasteiger partial charge in [-0.05, 0) is 48.4 Å². The monoisotopic (exact) mass is 322 g/mol. The molecule has 0 aliphatic heterocycles. The summed E-state index contributed by atoms with van der Waals surface area (Å²) in [6, 6.07) is 13.1. The number of rotatable bonds is 3. The SMILES string of the molecule is Cc1cc(Cl)ccc1C(=O)Cc1cccc(Br)c1. The number of aryl methyl sites for hydroxylation is 1. The van der Waals surface area contributed by atoms with Gasteiger partial charge < -0.3 is 0 Å². The van der Waals surface area contributed by atoms with E-state index in [9.17, 15) is 4.79 Å². The van der Waals surface area contributed by atoms with Crippen LogP contribution in [0.3, 0.4) is 0 Å². The smallest absolute Gasteiger partial charge is 0.167 e. The Morgan fingerprint density at radius 2 is 2.00 bits per heavy atom. The molecule has 0 N–H and O–H groups in total. The van der Waals surface area contributed by atoms with Crippen LogP contribution < -0.4 is 0 Å². The minimum atomic E-state index is 0.113. The van der Waals surface area contributed by atoms with Crippen molar-refractivity contribution in [1.82, 2.24) is 0 Å². The number of carbonyl (C=O) groups excluding carboxylic acids is 1. The molecule has 0 atom stereocenters. The molecule has 92 valence electrons. The van der Waals surface area contributed by atoms with Crippen molar-refractivity contribution < 1.29 is 4.79 Å². The molecule has 0 aliphatic carbocycles. The molecule has 3 heteroatoms. The fourth-order valence-electron chi connectivity index (χ4n) is 1.87. The summed E-state index contributed by atoms with van der Waals surface area (Å²) >= 11 is 9.29. The zero-order chi connectivity index (χ0) is 13.1. The Hall–Kier alpha value is -1.12. The van der Waals surface area contributed by atoms with Crippen LogP contribution in [0.2, 0.25) is 5.02 Å². The second-order valence-electron chi connectivity index (χ2n) is 4.19. The van der Waals surface area contributed by atoms with Crippen LogP contribution in [0, 0.1) is 6.92 Å². The van der Waals surface area contributed by atoms with Crippen LogP contribution in [0.25, 0.3) is 0 Å². The van der Waals surface area contributed by atoms with Crippen molar-refractivity contribution >= 4 is 33.3 Å². The summed E-state index contributed by atoms with van der Waals surface area (Å²) in [5.74, 6) is 0.113. The third-order valence-corrected chi connectivity index (χ3v) is 3.47. The molecule has 0 unspecified atom stereocenters. The fourth-order valence-corrected chi connectivity index (χ4v) is 2.54. The van der Waals surface area contributed by atoms with Crippen molar-refractivity contribution in [3.05, 3.63) is 68.7 Å². The molecular formula is C15H12BrClO. The summed E-state index contributed by atoms with van der Waals surface area (Å²) in [6.07, 6.45) is 0.405. The summed E-state index contributed by atoms with van der Waals surface area (Å²) in [6.45, 7) is 1.90. The third-order valence-electron chi connectivity index (χ3n) is 2.74. The van der Waals surface area contributed by atoms with Gasteiger partial charge in [0.1, 0.15) is 0 Å². The Kier molecular flexibility index (Phi) is 4.20. The predicted molar refractivity (Wildman–Crippen MR) is 78.4 cm³/mol. The van der Waals surface area contributed by atoms with E-state index in [4.69, 9.17) is 11.6 Å². The summed E-state index contributed by atoms with van der Waals surface area (Å²) in [5, 5.41) is 0.659. The molecule has 2 aromatic rings. The van der Waals surface area contributed by atoms with Crippen molar-refractivity contribution in [3.8, 4) is 0 Å². The molecule has 0 bridgehead atoms. The normalized spacial score (nSPS) is 10.4. The van der Waals surface area contributed by atoms with Gasteiger partial charge in [0.25, 0.3) is 0 Å². The first-order valence-corrected chi connectivity index (χ1v) is 6.77. The van der Waals surface area contributed by atoms with Gasteiger partial charge in [0.15, 0.2) is 5.78 Å². The lowest BCUT2D eigenvalue weighted by Gasteiger charge is -2.06. The molecule has 0 radical (unpaired) electrons. The topological polar surface area (TPSA) is 17.1 Å². The minimum Gasteiger partial charge on any atom is -0.294 e. The standard InChI is InChI=1S/C15H12BrClO/c1-10-7-13(17)5-6-14(10)15(18)9-11-3-2-4-12(16)8-11/h2-8H,9H2,1H3. The van der Waals surface area contributed by atoms with Crippen molar-refractivity contribution in [1.29, 1.82) is 0 Å². The molecule has 0 aliphatic rings. The second-order valence-corrected chi connectivity index (χ2v) is 5.54. The molecule has 2 rings (SSSR count). The summed E-state index contributed by atoms with van der Waals surface area (Å²) in [4.78, 5) is 12.2. The highest BCUT2D eigenvalue weighted by Gasteiger charge is 2.10. The summed E-state index contributed by atoms with van der Waals surface area (Å²) < 4.78 is 0.987. The van der Waals surface area contributed by atoms with E-state index >= 15 is 0 Å². The van der Waals surface area contributed by atoms with Crippen LogP contribution in [0.4, 0.5) is 0 Å². The lowest BCUT2D eigenvalue weighted by Crippen LogP contribution is -2.05. The molecule has 18 heavy (non-hydrogen) atoms. The maximum absolute atomic E-state index is 12.2. The van der Waals surface area contributed by atoms with Gasteiger partial charge in [-0.15, -0.1) is 0 Å². The highest BCUT2D eigenvalue weighted by Crippen LogP contribution is 2.18. The van der Waals surface area contributed by atoms with Crippen LogP contribution in [0.1, 0.15) is 21.5 Å². The number of hydrogen-bond donors (Lipinski definition) is 0. The van der Waals surface area contributed by atoms with Gasteiger partial charge in [-0.1, -0.05) is 39.7 Å². The maximum atomic E-state index is 12.2. The quantitative estimate of drug-likeness (QED) is 0.739. The number of Topliss-reactive ketones (excluding diaryl/α,β-unsaturated/α-hetero) is 1. The Morgan fingerprint density at radius 1 is 1.22 bits per heavy atom. The van der Waals surface area contributed by atoms with E-state index in [1.807, 2.05) is 37.3 Å². The molecule has 0 saturated carbocycles. The van der Waals surface area contributed by atoms with Gasteiger partial charge in [-0.3, -0.25) is 4.79 Å². The third kappa shape index (κ3) is 3.21.